The van der Waals surface area contributed by atoms with E-state index < -0.39 is 133 Å². The maximum Gasteiger partial charge on any atom is 0.310 e. The number of aliphatic hydroxyl groups is 5. The molecular formula is C57H76INO21S4. The molecule has 2 aliphatic carbocycles. The molecule has 0 aromatic heterocycles. The van der Waals surface area contributed by atoms with Crippen LogP contribution in [-0.4, -0.2) is 206 Å². The zero-order valence-electron chi connectivity index (χ0n) is 48.6. The van der Waals surface area contributed by atoms with Crippen molar-refractivity contribution in [2.45, 2.75) is 182 Å². The number of esters is 1. The average molecular weight is 1370 g/mol. The van der Waals surface area contributed by atoms with Gasteiger partial charge in [-0.25, -0.2) is 0 Å². The van der Waals surface area contributed by atoms with Gasteiger partial charge in [-0.15, -0.1) is 0 Å². The number of allylic oxidation sites excluding steroid dienone is 2. The molecule has 1 aromatic rings. The van der Waals surface area contributed by atoms with E-state index in [0.29, 0.717) is 21.5 Å². The van der Waals surface area contributed by atoms with Crippen LogP contribution in [0.4, 0.5) is 0 Å². The lowest BCUT2D eigenvalue weighted by Crippen LogP contribution is -2.65. The molecule has 466 valence electrons. The molecule has 22 nitrogen and oxygen atoms in total. The zero-order valence-corrected chi connectivity index (χ0v) is 54.0. The van der Waals surface area contributed by atoms with Gasteiger partial charge in [0.15, 0.2) is 41.8 Å². The first-order valence-corrected chi connectivity index (χ1v) is 33.4. The van der Waals surface area contributed by atoms with Gasteiger partial charge in [0.2, 0.25) is 17.2 Å². The summed E-state index contributed by atoms with van der Waals surface area (Å²) < 4.78 is 72.9. The van der Waals surface area contributed by atoms with E-state index in [0.717, 1.165) is 24.6 Å². The number of ketones is 1. The van der Waals surface area contributed by atoms with Crippen LogP contribution in [0.5, 0.6) is 17.2 Å². The Morgan fingerprint density at radius 1 is 0.881 bits per heavy atom. The van der Waals surface area contributed by atoms with Crippen molar-refractivity contribution in [2.24, 2.45) is 5.92 Å². The normalized spacial score (nSPS) is 36.0. The number of benzene rings is 1. The number of methoxy groups -OCH3 is 5. The highest BCUT2D eigenvalue weighted by Crippen LogP contribution is 2.49. The van der Waals surface area contributed by atoms with Gasteiger partial charge in [0.05, 0.1) is 91.7 Å². The van der Waals surface area contributed by atoms with Gasteiger partial charge in [-0.05, 0) is 90.5 Å². The Morgan fingerprint density at radius 3 is 2.27 bits per heavy atom. The standard InChI is InChI=1S/C57H76INO21S4/c1-12-17-31-26-73-39(24-37(31)68-6)78-51-46(64)44(28(3)75-56(51)77-36-18-15-13-14-16-20-57(67)25-35(61)32(22-38(62)69-7)42(36)33(57)19-21-82-84-81-11)59-80-40-23-34(60)53(30(5)74-40)83-54(66)41-27(2)43(58)49(52(72-10)48(41)70-8)79-55-47(65)50(71-9)45(63)29(4)76-55/h13-14,19,28-31,34,36-37,39-40,44-47,50-51,53,55-56,59-60,63-65,67H,12,17,21-26H2,1-11H3/b14-13-,33-19+. The van der Waals surface area contributed by atoms with Crippen LogP contribution >= 0.6 is 65.8 Å². The summed E-state index contributed by atoms with van der Waals surface area (Å²) in [5, 5.41) is 56.9. The highest BCUT2D eigenvalue weighted by Gasteiger charge is 2.52. The number of ether oxygens (including phenoxy) is 12. The average Bonchev–Trinajstić information content (AvgIpc) is 1.36. The quantitative estimate of drug-likeness (QED) is 0.0213. The molecule has 4 fully saturated rings. The van der Waals surface area contributed by atoms with Crippen LogP contribution in [0.2, 0.25) is 0 Å². The highest BCUT2D eigenvalue weighted by molar-refractivity contribution is 14.1. The SMILES string of the molecule is CCCC1COC(OC2C(OC3C#C/C=C\C#CC4(O)CC(=O)C(CC(=O)OC)=C3/C4=C\CSSSC)OC(C)C(NOC3CC(O)C(SC(=O)c4c(C)c(I)c(OC5OC(C)C(O)C(OC)C5O)c(OC)c4OC)C(C)O3)C2O)CC1OC. The molecule has 19 unspecified atom stereocenters. The van der Waals surface area contributed by atoms with Crippen LogP contribution in [0, 0.1) is 40.1 Å². The van der Waals surface area contributed by atoms with E-state index >= 15 is 0 Å². The molecule has 0 radical (unpaired) electrons. The fourth-order valence-corrected chi connectivity index (χ4v) is 15.1. The molecule has 84 heavy (non-hydrogen) atoms. The second kappa shape index (κ2) is 31.7. The molecule has 6 N–H and O–H groups in total. The maximum atomic E-state index is 14.4. The van der Waals surface area contributed by atoms with Gasteiger partial charge in [-0.2, -0.15) is 5.48 Å². The Labute approximate surface area is 519 Å². The third kappa shape index (κ3) is 15.8. The Morgan fingerprint density at radius 2 is 1.61 bits per heavy atom. The lowest BCUT2D eigenvalue weighted by molar-refractivity contribution is -0.337. The van der Waals surface area contributed by atoms with Crippen molar-refractivity contribution in [2.75, 3.05) is 54.2 Å². The predicted molar refractivity (Wildman–Crippen MR) is 322 cm³/mol. The largest absolute Gasteiger partial charge is 0.492 e. The van der Waals surface area contributed by atoms with Crippen molar-refractivity contribution in [1.29, 1.82) is 0 Å². The van der Waals surface area contributed by atoms with E-state index in [4.69, 9.17) is 61.7 Å². The Hall–Kier alpha value is -2.70. The van der Waals surface area contributed by atoms with Crippen LogP contribution in [-0.2, 0) is 57.1 Å². The van der Waals surface area contributed by atoms with Crippen LogP contribution in [0.25, 0.3) is 0 Å². The van der Waals surface area contributed by atoms with Crippen LogP contribution in [0.15, 0.2) is 34.9 Å². The summed E-state index contributed by atoms with van der Waals surface area (Å²) in [5.74, 6) is 11.0. The summed E-state index contributed by atoms with van der Waals surface area (Å²) in [6, 6.07) is -1.07. The number of carbonyl (C=O) groups is 3. The minimum absolute atomic E-state index is 0.00619. The molecular weight excluding hydrogens is 1290 g/mol. The summed E-state index contributed by atoms with van der Waals surface area (Å²) >= 11 is 2.84. The second-order valence-corrected chi connectivity index (χ2v) is 27.3. The van der Waals surface area contributed by atoms with E-state index in [1.54, 1.807) is 40.9 Å². The molecule has 2 bridgehead atoms. The number of aliphatic hydroxyl groups excluding tert-OH is 4. The molecule has 0 spiro atoms. The van der Waals surface area contributed by atoms with Crippen LogP contribution in [0.3, 0.4) is 0 Å². The molecule has 0 amide bonds. The Bertz CT molecular complexity index is 2700. The van der Waals surface area contributed by atoms with E-state index in [-0.39, 0.29) is 64.4 Å². The van der Waals surface area contributed by atoms with Gasteiger partial charge >= 0.3 is 5.97 Å². The Kier molecular flexibility index (Phi) is 25.9. The smallest absolute Gasteiger partial charge is 0.310 e. The number of halogens is 1. The number of hydrogen-bond donors (Lipinski definition) is 6. The molecule has 4 saturated heterocycles. The van der Waals surface area contributed by atoms with Crippen molar-refractivity contribution in [3.8, 4) is 40.9 Å². The predicted octanol–water partition coefficient (Wildman–Crippen LogP) is 4.88. The molecule has 27 heteroatoms. The summed E-state index contributed by atoms with van der Waals surface area (Å²) in [7, 11) is 11.4. The van der Waals surface area contributed by atoms with Gasteiger partial charge in [0.1, 0.15) is 36.6 Å². The minimum atomic E-state index is -2.01. The third-order valence-electron chi connectivity index (χ3n) is 15.3. The molecule has 4 heterocycles. The van der Waals surface area contributed by atoms with Gasteiger partial charge in [0, 0.05) is 55.5 Å². The van der Waals surface area contributed by atoms with Crippen LogP contribution < -0.4 is 19.7 Å². The van der Waals surface area contributed by atoms with Gasteiger partial charge in [-0.3, -0.25) is 19.2 Å². The summed E-state index contributed by atoms with van der Waals surface area (Å²) in [5.41, 5.74) is 1.82. The van der Waals surface area contributed by atoms with E-state index in [9.17, 15) is 39.9 Å². The number of rotatable bonds is 23. The zero-order chi connectivity index (χ0) is 61.2. The Balaban J connectivity index is 1.12. The lowest BCUT2D eigenvalue weighted by Gasteiger charge is -2.46. The fourth-order valence-electron chi connectivity index (χ4n) is 11.0. The van der Waals surface area contributed by atoms with Crippen molar-refractivity contribution in [3.05, 3.63) is 49.6 Å². The van der Waals surface area contributed by atoms with Gasteiger partial charge in [-0.1, -0.05) is 76.5 Å². The van der Waals surface area contributed by atoms with E-state index in [1.807, 2.05) is 28.8 Å². The number of Topliss-reactive ketones (excluding diaryl/α,β-unsaturated/α-hetero) is 1. The molecule has 0 saturated carbocycles. The second-order valence-electron chi connectivity index (χ2n) is 20.7. The lowest BCUT2D eigenvalue weighted by atomic mass is 9.72. The number of nitrogens with one attached hydrogen (secondary N) is 1. The van der Waals surface area contributed by atoms with Crippen molar-refractivity contribution in [1.82, 2.24) is 5.48 Å². The van der Waals surface area contributed by atoms with Crippen molar-refractivity contribution < 1.29 is 102 Å². The number of hydrogen-bond acceptors (Lipinski definition) is 26. The van der Waals surface area contributed by atoms with E-state index in [1.165, 1.54) is 72.0 Å². The first-order valence-electron chi connectivity index (χ1n) is 27.4. The monoisotopic (exact) mass is 1370 g/mol. The molecule has 7 rings (SSSR count). The minimum Gasteiger partial charge on any atom is -0.492 e. The van der Waals surface area contributed by atoms with Gasteiger partial charge < -0.3 is 82.4 Å². The molecule has 1 aromatic carbocycles. The number of hydroxylamine groups is 1. The topological polar surface area (TPSA) is 284 Å². The molecule has 4 aliphatic heterocycles. The maximum absolute atomic E-state index is 14.4. The third-order valence-corrected chi connectivity index (χ3v) is 21.7. The summed E-state index contributed by atoms with van der Waals surface area (Å²) in [4.78, 5) is 47.8. The summed E-state index contributed by atoms with van der Waals surface area (Å²) in [6.45, 7) is 9.04. The van der Waals surface area contributed by atoms with Crippen molar-refractivity contribution in [3.63, 3.8) is 0 Å². The number of thioether (sulfide) groups is 1. The summed E-state index contributed by atoms with van der Waals surface area (Å²) in [6.07, 6.45) is -8.94. The van der Waals surface area contributed by atoms with Gasteiger partial charge in [0.25, 0.3) is 0 Å². The van der Waals surface area contributed by atoms with E-state index in [2.05, 4.69) is 36.1 Å². The number of carbonyl (C=O) groups excluding carboxylic acids is 3. The first-order chi connectivity index (χ1) is 40.2. The highest BCUT2D eigenvalue weighted by atomic mass is 127. The molecule has 19 atom stereocenters. The number of fused-ring (bicyclic) bond motifs is 2. The molecule has 6 aliphatic rings. The van der Waals surface area contributed by atoms with Crippen LogP contribution in [0.1, 0.15) is 82.1 Å². The van der Waals surface area contributed by atoms with Crippen molar-refractivity contribution >= 4 is 82.6 Å². The fraction of sp³-hybridized carbons (Fsp3) is 0.667. The first kappa shape index (κ1) is 68.8.